The van der Waals surface area contributed by atoms with E-state index < -0.39 is 0 Å². The van der Waals surface area contributed by atoms with E-state index in [1.807, 2.05) is 0 Å². The van der Waals surface area contributed by atoms with Gasteiger partial charge in [0, 0.05) is 32.5 Å². The van der Waals surface area contributed by atoms with E-state index in [9.17, 15) is 4.79 Å². The summed E-state index contributed by atoms with van der Waals surface area (Å²) < 4.78 is 0. The van der Waals surface area contributed by atoms with Gasteiger partial charge in [0.2, 0.25) is 0 Å². The molecule has 1 rings (SSSR count). The average molecular weight is 339 g/mol. The Labute approximate surface area is 148 Å². The Hall–Kier alpha value is -0.710. The predicted octanol–water partition coefficient (Wildman–Crippen LogP) is 3.73. The van der Waals surface area contributed by atoms with Crippen molar-refractivity contribution < 1.29 is 9.63 Å². The van der Waals surface area contributed by atoms with Gasteiger partial charge in [-0.15, -0.1) is 0 Å². The molecule has 1 aliphatic rings. The predicted molar refractivity (Wildman–Crippen MR) is 101 cm³/mol. The Balaban J connectivity index is 2.36. The molecule has 4 nitrogen and oxygen atoms in total. The van der Waals surface area contributed by atoms with Crippen molar-refractivity contribution in [1.82, 2.24) is 10.8 Å². The van der Waals surface area contributed by atoms with Crippen molar-refractivity contribution in [3.63, 3.8) is 0 Å². The van der Waals surface area contributed by atoms with Gasteiger partial charge in [0.05, 0.1) is 6.61 Å². The van der Waals surface area contributed by atoms with Gasteiger partial charge in [-0.1, -0.05) is 46.8 Å². The lowest BCUT2D eigenvalue weighted by molar-refractivity contribution is -0.120. The molecule has 0 fully saturated rings. The molecule has 0 saturated carbocycles. The Bertz CT molecular complexity index is 408. The number of nitrogens with one attached hydrogen (secondary N) is 2. The molecular weight excluding hydrogens is 300 g/mol. The minimum Gasteiger partial charge on any atom is -0.310 e. The number of rotatable bonds is 11. The molecule has 0 amide bonds. The van der Waals surface area contributed by atoms with Crippen LogP contribution in [-0.2, 0) is 9.63 Å². The summed E-state index contributed by atoms with van der Waals surface area (Å²) in [6.45, 7) is 12.8. The van der Waals surface area contributed by atoms with Crippen LogP contribution in [0.15, 0.2) is 12.2 Å². The van der Waals surface area contributed by atoms with E-state index in [0.29, 0.717) is 42.6 Å². The Morgan fingerprint density at radius 1 is 1.38 bits per heavy atom. The molecule has 0 aromatic rings. The highest BCUT2D eigenvalue weighted by Crippen LogP contribution is 2.29. The van der Waals surface area contributed by atoms with E-state index in [4.69, 9.17) is 4.84 Å². The molecule has 0 saturated heterocycles. The highest BCUT2D eigenvalue weighted by molar-refractivity contribution is 5.78. The fourth-order valence-electron chi connectivity index (χ4n) is 3.23. The molecule has 4 heteroatoms. The number of hydrogen-bond donors (Lipinski definition) is 2. The number of Topliss-reactive ketones (excluding diaryl/α,β-unsaturated/α-hetero) is 1. The van der Waals surface area contributed by atoms with Crippen molar-refractivity contribution in [2.24, 2.45) is 23.2 Å². The number of hydrogen-bond acceptors (Lipinski definition) is 4. The van der Waals surface area contributed by atoms with Gasteiger partial charge in [0.1, 0.15) is 5.78 Å². The standard InChI is InChI=1S/C20H38N2O2/c1-15(2)17(4)16(3)13-19(23)8-11-20(5)10-7-18(22-14-20)9-12-24-21-6/h7,10,15-18,21-22H,8-9,11-14H2,1-6H3/t16-,17-,18-,20+/m0/s1. The van der Waals surface area contributed by atoms with Crippen LogP contribution in [0.4, 0.5) is 0 Å². The van der Waals surface area contributed by atoms with Gasteiger partial charge in [-0.25, -0.2) is 5.48 Å². The van der Waals surface area contributed by atoms with Crippen molar-refractivity contribution in [1.29, 1.82) is 0 Å². The topological polar surface area (TPSA) is 50.4 Å². The van der Waals surface area contributed by atoms with Gasteiger partial charge in [-0.05, 0) is 36.0 Å². The summed E-state index contributed by atoms with van der Waals surface area (Å²) in [7, 11) is 1.78. The van der Waals surface area contributed by atoms with E-state index in [0.717, 1.165) is 25.8 Å². The molecule has 0 spiro atoms. The minimum absolute atomic E-state index is 0.0862. The fourth-order valence-corrected chi connectivity index (χ4v) is 3.23. The maximum absolute atomic E-state index is 12.3. The molecule has 0 unspecified atom stereocenters. The summed E-state index contributed by atoms with van der Waals surface area (Å²) in [4.78, 5) is 17.5. The van der Waals surface area contributed by atoms with Crippen molar-refractivity contribution in [3.05, 3.63) is 12.2 Å². The van der Waals surface area contributed by atoms with Crippen molar-refractivity contribution in [2.45, 2.75) is 66.3 Å². The molecule has 0 radical (unpaired) electrons. The molecule has 1 heterocycles. The molecular formula is C20H38N2O2. The first kappa shape index (κ1) is 21.3. The summed E-state index contributed by atoms with van der Waals surface area (Å²) >= 11 is 0. The third kappa shape index (κ3) is 7.45. The van der Waals surface area contributed by atoms with Crippen LogP contribution >= 0.6 is 0 Å². The molecule has 2 N–H and O–H groups in total. The largest absolute Gasteiger partial charge is 0.310 e. The maximum atomic E-state index is 12.3. The second kappa shape index (κ2) is 10.3. The zero-order chi connectivity index (χ0) is 18.2. The van der Waals surface area contributed by atoms with Crippen LogP contribution in [0.25, 0.3) is 0 Å². The Morgan fingerprint density at radius 2 is 2.08 bits per heavy atom. The summed E-state index contributed by atoms with van der Waals surface area (Å²) in [6, 6.07) is 0.369. The molecule has 0 aromatic heterocycles. The van der Waals surface area contributed by atoms with Crippen molar-refractivity contribution in [3.8, 4) is 0 Å². The zero-order valence-corrected chi connectivity index (χ0v) is 16.5. The molecule has 24 heavy (non-hydrogen) atoms. The van der Waals surface area contributed by atoms with Crippen LogP contribution in [0.2, 0.25) is 0 Å². The lowest BCUT2D eigenvalue weighted by atomic mass is 9.79. The fraction of sp³-hybridized carbons (Fsp3) is 0.850. The second-order valence-corrected chi connectivity index (χ2v) is 8.17. The highest BCUT2D eigenvalue weighted by Gasteiger charge is 2.27. The van der Waals surface area contributed by atoms with E-state index in [1.165, 1.54) is 0 Å². The van der Waals surface area contributed by atoms with Crippen LogP contribution in [0.5, 0.6) is 0 Å². The number of hydroxylamine groups is 1. The van der Waals surface area contributed by atoms with E-state index in [-0.39, 0.29) is 5.41 Å². The lowest BCUT2D eigenvalue weighted by Gasteiger charge is -2.33. The monoisotopic (exact) mass is 338 g/mol. The van der Waals surface area contributed by atoms with Crippen LogP contribution < -0.4 is 10.8 Å². The first-order valence-electron chi connectivity index (χ1n) is 9.50. The van der Waals surface area contributed by atoms with Gasteiger partial charge >= 0.3 is 0 Å². The smallest absolute Gasteiger partial charge is 0.133 e. The van der Waals surface area contributed by atoms with Crippen molar-refractivity contribution >= 4 is 5.78 Å². The van der Waals surface area contributed by atoms with E-state index in [2.05, 4.69) is 57.6 Å². The quantitative estimate of drug-likeness (QED) is 0.342. The van der Waals surface area contributed by atoms with Gasteiger partial charge in [-0.2, -0.15) is 0 Å². The summed E-state index contributed by atoms with van der Waals surface area (Å²) in [5.41, 5.74) is 2.78. The lowest BCUT2D eigenvalue weighted by Crippen LogP contribution is -2.41. The van der Waals surface area contributed by atoms with Crippen LogP contribution in [0.3, 0.4) is 0 Å². The van der Waals surface area contributed by atoms with Gasteiger partial charge in [-0.3, -0.25) is 4.79 Å². The van der Waals surface area contributed by atoms with E-state index >= 15 is 0 Å². The molecule has 0 aromatic carbocycles. The van der Waals surface area contributed by atoms with Crippen LogP contribution in [-0.4, -0.2) is 32.0 Å². The van der Waals surface area contributed by atoms with Crippen LogP contribution in [0.1, 0.15) is 60.3 Å². The van der Waals surface area contributed by atoms with Crippen LogP contribution in [0, 0.1) is 23.2 Å². The molecule has 0 bridgehead atoms. The Kier molecular flexibility index (Phi) is 9.17. The number of carbonyl (C=O) groups is 1. The zero-order valence-electron chi connectivity index (χ0n) is 16.5. The molecule has 4 atom stereocenters. The third-order valence-electron chi connectivity index (χ3n) is 5.65. The number of ketones is 1. The van der Waals surface area contributed by atoms with E-state index in [1.54, 1.807) is 7.05 Å². The maximum Gasteiger partial charge on any atom is 0.133 e. The van der Waals surface area contributed by atoms with Gasteiger partial charge < -0.3 is 10.2 Å². The normalized spacial score (nSPS) is 26.5. The minimum atomic E-state index is 0.0862. The summed E-state index contributed by atoms with van der Waals surface area (Å²) in [5, 5.41) is 3.56. The molecule has 140 valence electrons. The highest BCUT2D eigenvalue weighted by atomic mass is 16.6. The summed E-state index contributed by atoms with van der Waals surface area (Å²) in [5.74, 6) is 2.12. The first-order chi connectivity index (χ1) is 11.3. The van der Waals surface area contributed by atoms with Crippen molar-refractivity contribution in [2.75, 3.05) is 20.2 Å². The summed E-state index contributed by atoms with van der Waals surface area (Å²) in [6.07, 6.45) is 7.81. The number of carbonyl (C=O) groups excluding carboxylic acids is 1. The second-order valence-electron chi connectivity index (χ2n) is 8.17. The molecule has 0 aliphatic carbocycles. The SMILES string of the molecule is CNOCC[C@@H]1C=C[C@](C)(CCC(=O)C[C@H](C)[C@@H](C)C(C)C)CN1. The van der Waals surface area contributed by atoms with Gasteiger partial charge in [0.15, 0.2) is 0 Å². The van der Waals surface area contributed by atoms with Gasteiger partial charge in [0.25, 0.3) is 0 Å². The first-order valence-corrected chi connectivity index (χ1v) is 9.50. The third-order valence-corrected chi connectivity index (χ3v) is 5.65. The Morgan fingerprint density at radius 3 is 2.62 bits per heavy atom. The average Bonchev–Trinajstić information content (AvgIpc) is 2.54. The molecule has 1 aliphatic heterocycles.